The molecule has 0 spiro atoms. The summed E-state index contributed by atoms with van der Waals surface area (Å²) in [5.41, 5.74) is 5.45. The molecule has 0 aliphatic heterocycles. The maximum Gasteiger partial charge on any atom is 0.243 e. The highest BCUT2D eigenvalue weighted by atomic mass is 16.1. The highest BCUT2D eigenvalue weighted by Gasteiger charge is 2.01. The van der Waals surface area contributed by atoms with Gasteiger partial charge in [0, 0.05) is 5.57 Å². The zero-order chi connectivity index (χ0) is 11.8. The van der Waals surface area contributed by atoms with Crippen LogP contribution in [0.4, 0.5) is 0 Å². The predicted molar refractivity (Wildman–Crippen MR) is 61.8 cm³/mol. The Hall–Kier alpha value is -0.830. The monoisotopic (exact) mass is 201 g/mol. The van der Waals surface area contributed by atoms with Gasteiger partial charge in [-0.2, -0.15) is 0 Å². The molecule has 0 heterocycles. The van der Waals surface area contributed by atoms with E-state index in [1.807, 2.05) is 0 Å². The van der Waals surface area contributed by atoms with Gasteiger partial charge in [-0.05, 0) is 20.3 Å². The first-order valence-corrected chi connectivity index (χ1v) is 4.97. The molecule has 0 unspecified atom stereocenters. The van der Waals surface area contributed by atoms with Crippen molar-refractivity contribution in [2.45, 2.75) is 27.2 Å². The van der Waals surface area contributed by atoms with Crippen molar-refractivity contribution in [1.82, 2.24) is 0 Å². The molecule has 0 rings (SSSR count). The highest BCUT2D eigenvalue weighted by Crippen LogP contribution is 1.90. The van der Waals surface area contributed by atoms with Gasteiger partial charge in [0.2, 0.25) is 5.91 Å². The van der Waals surface area contributed by atoms with E-state index in [0.717, 1.165) is 4.48 Å². The molecule has 0 aromatic carbocycles. The van der Waals surface area contributed by atoms with E-state index < -0.39 is 0 Å². The van der Waals surface area contributed by atoms with E-state index >= 15 is 0 Å². The molecule has 0 aliphatic rings. The van der Waals surface area contributed by atoms with Gasteiger partial charge in [-0.15, -0.1) is 0 Å². The second-order valence-corrected chi connectivity index (χ2v) is 4.35. The number of hydrogen-bond acceptors (Lipinski definition) is 1. The summed E-state index contributed by atoms with van der Waals surface area (Å²) in [7, 11) is 6.64. The molecule has 0 atom stereocenters. The molecule has 3 heteroatoms. The van der Waals surface area contributed by atoms with Gasteiger partial charge in [-0.3, -0.25) is 4.79 Å². The van der Waals surface area contributed by atoms with E-state index in [2.05, 4.69) is 28.1 Å². The SMILES string of the molecule is CC=C(C)C(N)=O.CCC[N+](C)(C)C. The van der Waals surface area contributed by atoms with Crippen molar-refractivity contribution >= 4 is 5.91 Å². The first-order chi connectivity index (χ1) is 6.24. The summed E-state index contributed by atoms with van der Waals surface area (Å²) in [5.74, 6) is -0.345. The fourth-order valence-corrected chi connectivity index (χ4v) is 0.813. The minimum Gasteiger partial charge on any atom is -0.366 e. The van der Waals surface area contributed by atoms with Crippen molar-refractivity contribution in [3.63, 3.8) is 0 Å². The predicted octanol–water partition coefficient (Wildman–Crippen LogP) is 1.54. The van der Waals surface area contributed by atoms with Crippen molar-refractivity contribution in [1.29, 1.82) is 0 Å². The van der Waals surface area contributed by atoms with Crippen LogP contribution in [0.5, 0.6) is 0 Å². The average molecular weight is 201 g/mol. The Kier molecular flexibility index (Phi) is 8.44. The van der Waals surface area contributed by atoms with Crippen LogP contribution in [0.1, 0.15) is 27.2 Å². The van der Waals surface area contributed by atoms with Crippen LogP contribution in [-0.4, -0.2) is 38.1 Å². The number of carbonyl (C=O) groups is 1. The van der Waals surface area contributed by atoms with Crippen LogP contribution in [-0.2, 0) is 4.79 Å². The van der Waals surface area contributed by atoms with Crippen LogP contribution >= 0.6 is 0 Å². The van der Waals surface area contributed by atoms with Gasteiger partial charge in [0.25, 0.3) is 0 Å². The van der Waals surface area contributed by atoms with Gasteiger partial charge in [-0.25, -0.2) is 0 Å². The van der Waals surface area contributed by atoms with Crippen molar-refractivity contribution in [3.05, 3.63) is 11.6 Å². The van der Waals surface area contributed by atoms with E-state index in [0.29, 0.717) is 5.57 Å². The van der Waals surface area contributed by atoms with Gasteiger partial charge >= 0.3 is 0 Å². The number of carbonyl (C=O) groups excluding carboxylic acids is 1. The molecule has 3 nitrogen and oxygen atoms in total. The molecule has 0 radical (unpaired) electrons. The summed E-state index contributed by atoms with van der Waals surface area (Å²) in [4.78, 5) is 10.1. The third kappa shape index (κ3) is 13.7. The number of amides is 1. The van der Waals surface area contributed by atoms with E-state index in [1.54, 1.807) is 19.9 Å². The third-order valence-electron chi connectivity index (χ3n) is 1.72. The third-order valence-corrected chi connectivity index (χ3v) is 1.72. The number of rotatable bonds is 3. The Morgan fingerprint density at radius 1 is 1.36 bits per heavy atom. The Labute approximate surface area is 88.2 Å². The first kappa shape index (κ1) is 15.6. The lowest BCUT2D eigenvalue weighted by Gasteiger charge is -2.22. The number of hydrogen-bond donors (Lipinski definition) is 1. The van der Waals surface area contributed by atoms with Gasteiger partial charge in [0.15, 0.2) is 0 Å². The molecular weight excluding hydrogens is 176 g/mol. The molecule has 0 saturated carbocycles. The zero-order valence-corrected chi connectivity index (χ0v) is 10.4. The van der Waals surface area contributed by atoms with Crippen LogP contribution in [0, 0.1) is 0 Å². The quantitative estimate of drug-likeness (QED) is 0.546. The smallest absolute Gasteiger partial charge is 0.243 e. The molecule has 0 aromatic heterocycles. The molecule has 0 bridgehead atoms. The number of allylic oxidation sites excluding steroid dienone is 1. The summed E-state index contributed by atoms with van der Waals surface area (Å²) >= 11 is 0. The second kappa shape index (κ2) is 7.56. The lowest BCUT2D eigenvalue weighted by atomic mass is 10.3. The molecular formula is C11H25N2O+. The standard InChI is InChI=1S/C6H16N.C5H9NO/c1-5-6-7(2,3)4;1-3-4(2)5(6)7/h5-6H2,1-4H3;3H,1-2H3,(H2,6,7)/q+1;. The Balaban J connectivity index is 0. The topological polar surface area (TPSA) is 43.1 Å². The summed E-state index contributed by atoms with van der Waals surface area (Å²) in [6.07, 6.45) is 2.96. The van der Waals surface area contributed by atoms with Gasteiger partial charge < -0.3 is 10.2 Å². The molecule has 1 amide bonds. The normalized spacial score (nSPS) is 11.7. The Morgan fingerprint density at radius 2 is 1.79 bits per heavy atom. The molecule has 0 fully saturated rings. The fraction of sp³-hybridized carbons (Fsp3) is 0.727. The molecule has 0 aliphatic carbocycles. The largest absolute Gasteiger partial charge is 0.366 e. The summed E-state index contributed by atoms with van der Waals surface area (Å²) in [5, 5.41) is 0. The number of primary amides is 1. The molecule has 0 aromatic rings. The van der Waals surface area contributed by atoms with Crippen LogP contribution in [0.25, 0.3) is 0 Å². The van der Waals surface area contributed by atoms with Crippen molar-refractivity contribution in [3.8, 4) is 0 Å². The van der Waals surface area contributed by atoms with Gasteiger partial charge in [-0.1, -0.05) is 13.0 Å². The summed E-state index contributed by atoms with van der Waals surface area (Å²) in [6, 6.07) is 0. The maximum absolute atomic E-state index is 10.1. The van der Waals surface area contributed by atoms with Crippen LogP contribution in [0.3, 0.4) is 0 Å². The average Bonchev–Trinajstić information content (AvgIpc) is 2.01. The molecule has 2 N–H and O–H groups in total. The van der Waals surface area contributed by atoms with Crippen LogP contribution in [0.2, 0.25) is 0 Å². The number of quaternary nitrogens is 1. The lowest BCUT2D eigenvalue weighted by Crippen LogP contribution is -2.34. The molecule has 84 valence electrons. The maximum atomic E-state index is 10.1. The van der Waals surface area contributed by atoms with Crippen LogP contribution in [0.15, 0.2) is 11.6 Å². The Morgan fingerprint density at radius 3 is 1.79 bits per heavy atom. The molecule has 0 saturated heterocycles. The number of nitrogens with two attached hydrogens (primary N) is 1. The van der Waals surface area contributed by atoms with Crippen molar-refractivity contribution in [2.75, 3.05) is 27.7 Å². The van der Waals surface area contributed by atoms with Crippen molar-refractivity contribution in [2.24, 2.45) is 5.73 Å². The number of nitrogens with zero attached hydrogens (tertiary/aromatic N) is 1. The van der Waals surface area contributed by atoms with E-state index in [9.17, 15) is 4.79 Å². The minimum atomic E-state index is -0.345. The second-order valence-electron chi connectivity index (χ2n) is 4.35. The summed E-state index contributed by atoms with van der Waals surface area (Å²) in [6.45, 7) is 6.95. The molecule has 14 heavy (non-hydrogen) atoms. The fourth-order valence-electron chi connectivity index (χ4n) is 0.813. The van der Waals surface area contributed by atoms with Crippen LogP contribution < -0.4 is 5.73 Å². The minimum absolute atomic E-state index is 0.345. The van der Waals surface area contributed by atoms with Gasteiger partial charge in [0.05, 0.1) is 27.7 Å². The van der Waals surface area contributed by atoms with E-state index in [1.165, 1.54) is 13.0 Å². The Bertz CT molecular complexity index is 190. The zero-order valence-electron chi connectivity index (χ0n) is 10.4. The van der Waals surface area contributed by atoms with Crippen molar-refractivity contribution < 1.29 is 9.28 Å². The van der Waals surface area contributed by atoms with E-state index in [-0.39, 0.29) is 5.91 Å². The summed E-state index contributed by atoms with van der Waals surface area (Å²) < 4.78 is 1.09. The lowest BCUT2D eigenvalue weighted by molar-refractivity contribution is -0.870. The van der Waals surface area contributed by atoms with Gasteiger partial charge in [0.1, 0.15) is 0 Å². The first-order valence-electron chi connectivity index (χ1n) is 4.97. The highest BCUT2D eigenvalue weighted by molar-refractivity contribution is 5.91. The van der Waals surface area contributed by atoms with E-state index in [4.69, 9.17) is 5.73 Å².